The van der Waals surface area contributed by atoms with Gasteiger partial charge in [-0.25, -0.2) is 18.4 Å². The van der Waals surface area contributed by atoms with Gasteiger partial charge in [-0.15, -0.1) is 0 Å². The Balaban J connectivity index is 1.39. The lowest BCUT2D eigenvalue weighted by Gasteiger charge is -2.19. The molecule has 0 radical (unpaired) electrons. The topological polar surface area (TPSA) is 120 Å². The molecule has 1 unspecified atom stereocenters. The molecule has 0 saturated carbocycles. The summed E-state index contributed by atoms with van der Waals surface area (Å²) >= 11 is 0. The highest BCUT2D eigenvalue weighted by molar-refractivity contribution is 7.91. The fourth-order valence-electron chi connectivity index (χ4n) is 2.95. The molecule has 1 atom stereocenters. The summed E-state index contributed by atoms with van der Waals surface area (Å²) in [6.45, 7) is 0.966. The highest BCUT2D eigenvalue weighted by Crippen LogP contribution is 2.32. The monoisotopic (exact) mass is 390 g/mol. The van der Waals surface area contributed by atoms with Gasteiger partial charge >= 0.3 is 0 Å². The Labute approximate surface area is 156 Å². The van der Waals surface area contributed by atoms with Crippen molar-refractivity contribution in [2.24, 2.45) is 0 Å². The van der Waals surface area contributed by atoms with Crippen molar-refractivity contribution in [2.75, 3.05) is 35.4 Å². The molecule has 3 heterocycles. The maximum atomic E-state index is 12.3. The number of ether oxygens (including phenoxy) is 2. The number of rotatable bonds is 4. The molecule has 0 spiro atoms. The first-order valence-electron chi connectivity index (χ1n) is 8.48. The summed E-state index contributed by atoms with van der Waals surface area (Å²) in [5, 5.41) is 5.77. The van der Waals surface area contributed by atoms with Crippen LogP contribution in [0.1, 0.15) is 16.9 Å². The Morgan fingerprint density at radius 2 is 1.93 bits per heavy atom. The fourth-order valence-corrected chi connectivity index (χ4v) is 4.63. The average Bonchev–Trinajstić information content (AvgIpc) is 3.00. The van der Waals surface area contributed by atoms with Crippen LogP contribution in [0.15, 0.2) is 30.6 Å². The zero-order valence-electron chi connectivity index (χ0n) is 14.3. The first-order valence-corrected chi connectivity index (χ1v) is 10.3. The number of benzene rings is 1. The molecule has 2 aliphatic rings. The van der Waals surface area contributed by atoms with Crippen molar-refractivity contribution in [3.8, 4) is 11.5 Å². The molecule has 10 heteroatoms. The number of amides is 1. The number of hydrogen-bond donors (Lipinski definition) is 2. The second kappa shape index (κ2) is 7.03. The van der Waals surface area contributed by atoms with Crippen LogP contribution in [0.3, 0.4) is 0 Å². The SMILES string of the molecule is O=C(Nc1ccc2c(c1)OCCO2)c1cnc(NC2CCS(=O)(=O)C2)cn1. The number of anilines is 2. The van der Waals surface area contributed by atoms with Crippen molar-refractivity contribution in [1.82, 2.24) is 9.97 Å². The minimum Gasteiger partial charge on any atom is -0.486 e. The first-order chi connectivity index (χ1) is 13.0. The van der Waals surface area contributed by atoms with E-state index in [0.717, 1.165) is 0 Å². The van der Waals surface area contributed by atoms with Crippen molar-refractivity contribution >= 4 is 27.2 Å². The van der Waals surface area contributed by atoms with E-state index in [4.69, 9.17) is 9.47 Å². The molecule has 142 valence electrons. The number of hydrogen-bond acceptors (Lipinski definition) is 8. The van der Waals surface area contributed by atoms with Crippen molar-refractivity contribution in [3.63, 3.8) is 0 Å². The number of nitrogens with zero attached hydrogens (tertiary/aromatic N) is 2. The van der Waals surface area contributed by atoms with E-state index >= 15 is 0 Å². The molecule has 1 aromatic carbocycles. The zero-order chi connectivity index (χ0) is 18.9. The Kier molecular flexibility index (Phi) is 4.56. The minimum atomic E-state index is -2.97. The van der Waals surface area contributed by atoms with Crippen LogP contribution in [-0.2, 0) is 9.84 Å². The molecule has 1 saturated heterocycles. The normalized spacial score (nSPS) is 20.1. The Bertz CT molecular complexity index is 962. The van der Waals surface area contributed by atoms with Crippen LogP contribution in [0, 0.1) is 0 Å². The van der Waals surface area contributed by atoms with Gasteiger partial charge in [0.15, 0.2) is 21.3 Å². The van der Waals surface area contributed by atoms with Crippen molar-refractivity contribution < 1.29 is 22.7 Å². The molecule has 2 aliphatic heterocycles. The molecular weight excluding hydrogens is 372 g/mol. The number of sulfone groups is 1. The predicted molar refractivity (Wildman–Crippen MR) is 98.1 cm³/mol. The van der Waals surface area contributed by atoms with Gasteiger partial charge in [-0.1, -0.05) is 0 Å². The van der Waals surface area contributed by atoms with Crippen LogP contribution in [0.2, 0.25) is 0 Å². The molecule has 27 heavy (non-hydrogen) atoms. The number of carbonyl (C=O) groups excluding carboxylic acids is 1. The third-order valence-electron chi connectivity index (χ3n) is 4.27. The second-order valence-corrected chi connectivity index (χ2v) is 8.57. The number of nitrogens with one attached hydrogen (secondary N) is 2. The Morgan fingerprint density at radius 1 is 1.11 bits per heavy atom. The lowest BCUT2D eigenvalue weighted by atomic mass is 10.2. The summed E-state index contributed by atoms with van der Waals surface area (Å²) in [6.07, 6.45) is 3.30. The maximum absolute atomic E-state index is 12.3. The molecule has 1 fully saturated rings. The summed E-state index contributed by atoms with van der Waals surface area (Å²) < 4.78 is 33.9. The van der Waals surface area contributed by atoms with E-state index in [1.165, 1.54) is 12.4 Å². The summed E-state index contributed by atoms with van der Waals surface area (Å²) in [5.41, 5.74) is 0.707. The molecule has 2 aromatic rings. The quantitative estimate of drug-likeness (QED) is 0.796. The van der Waals surface area contributed by atoms with E-state index in [9.17, 15) is 13.2 Å². The minimum absolute atomic E-state index is 0.0844. The smallest absolute Gasteiger partial charge is 0.275 e. The summed E-state index contributed by atoms with van der Waals surface area (Å²) in [5.74, 6) is 1.51. The number of carbonyl (C=O) groups is 1. The first kappa shape index (κ1) is 17.5. The van der Waals surface area contributed by atoms with Gasteiger partial charge < -0.3 is 20.1 Å². The van der Waals surface area contributed by atoms with Gasteiger partial charge in [0.1, 0.15) is 24.7 Å². The van der Waals surface area contributed by atoms with Gasteiger partial charge in [-0.05, 0) is 18.6 Å². The summed E-state index contributed by atoms with van der Waals surface area (Å²) in [4.78, 5) is 20.6. The van der Waals surface area contributed by atoms with E-state index in [2.05, 4.69) is 20.6 Å². The molecule has 2 N–H and O–H groups in total. The summed E-state index contributed by atoms with van der Waals surface area (Å²) in [7, 11) is -2.97. The number of aromatic nitrogens is 2. The van der Waals surface area contributed by atoms with Crippen LogP contribution in [0.25, 0.3) is 0 Å². The molecule has 4 rings (SSSR count). The molecule has 9 nitrogen and oxygen atoms in total. The van der Waals surface area contributed by atoms with Gasteiger partial charge in [0.2, 0.25) is 0 Å². The Morgan fingerprint density at radius 3 is 2.63 bits per heavy atom. The standard InChI is InChI=1S/C17H18N4O5S/c22-17(21-11-1-2-14-15(7-11)26-5-4-25-14)13-8-19-16(9-18-13)20-12-3-6-27(23,24)10-12/h1-2,7-9,12H,3-6,10H2,(H,19,20)(H,21,22). The highest BCUT2D eigenvalue weighted by Gasteiger charge is 2.28. The maximum Gasteiger partial charge on any atom is 0.275 e. The van der Waals surface area contributed by atoms with Crippen molar-refractivity contribution in [1.29, 1.82) is 0 Å². The molecule has 0 bridgehead atoms. The molecule has 1 aromatic heterocycles. The van der Waals surface area contributed by atoms with Gasteiger partial charge in [0, 0.05) is 17.8 Å². The summed E-state index contributed by atoms with van der Waals surface area (Å²) in [6, 6.07) is 4.96. The largest absolute Gasteiger partial charge is 0.486 e. The van der Waals surface area contributed by atoms with E-state index in [1.54, 1.807) is 18.2 Å². The van der Waals surface area contributed by atoms with E-state index in [-0.39, 0.29) is 23.2 Å². The van der Waals surface area contributed by atoms with Gasteiger partial charge in [0.05, 0.1) is 23.9 Å². The average molecular weight is 390 g/mol. The molecule has 0 aliphatic carbocycles. The van der Waals surface area contributed by atoms with Gasteiger partial charge in [0.25, 0.3) is 5.91 Å². The zero-order valence-corrected chi connectivity index (χ0v) is 15.2. The lowest BCUT2D eigenvalue weighted by molar-refractivity contribution is 0.102. The van der Waals surface area contributed by atoms with Crippen LogP contribution in [0.4, 0.5) is 11.5 Å². The third-order valence-corrected chi connectivity index (χ3v) is 6.04. The molecular formula is C17H18N4O5S. The van der Waals surface area contributed by atoms with Gasteiger partial charge in [-0.2, -0.15) is 0 Å². The van der Waals surface area contributed by atoms with Crippen molar-refractivity contribution in [3.05, 3.63) is 36.3 Å². The van der Waals surface area contributed by atoms with E-state index in [0.29, 0.717) is 42.6 Å². The van der Waals surface area contributed by atoms with E-state index in [1.807, 2.05) is 0 Å². The molecule has 1 amide bonds. The lowest BCUT2D eigenvalue weighted by Crippen LogP contribution is -2.22. The third kappa shape index (κ3) is 4.11. The highest BCUT2D eigenvalue weighted by atomic mass is 32.2. The van der Waals surface area contributed by atoms with Crippen molar-refractivity contribution in [2.45, 2.75) is 12.5 Å². The fraction of sp³-hybridized carbons (Fsp3) is 0.353. The predicted octanol–water partition coefficient (Wildman–Crippen LogP) is 1.10. The van der Waals surface area contributed by atoms with Crippen LogP contribution < -0.4 is 20.1 Å². The Hall–Kier alpha value is -2.88. The van der Waals surface area contributed by atoms with Gasteiger partial charge in [-0.3, -0.25) is 4.79 Å². The number of fused-ring (bicyclic) bond motifs is 1. The van der Waals surface area contributed by atoms with Crippen LogP contribution >= 0.6 is 0 Å². The van der Waals surface area contributed by atoms with Crippen LogP contribution in [0.5, 0.6) is 11.5 Å². The van der Waals surface area contributed by atoms with E-state index < -0.39 is 15.7 Å². The second-order valence-electron chi connectivity index (χ2n) is 6.34. The van der Waals surface area contributed by atoms with Crippen LogP contribution in [-0.4, -0.2) is 55.1 Å².